The van der Waals surface area contributed by atoms with E-state index in [4.69, 9.17) is 4.55 Å². The minimum Gasteiger partial charge on any atom is -0.286 e. The van der Waals surface area contributed by atoms with E-state index < -0.39 is 45.9 Å². The van der Waals surface area contributed by atoms with Gasteiger partial charge in [0.05, 0.1) is 17.1 Å². The lowest BCUT2D eigenvalue weighted by atomic mass is 10.0. The smallest absolute Gasteiger partial charge is 0.286 e. The molecule has 0 fully saturated rings. The molecule has 0 saturated heterocycles. The first-order chi connectivity index (χ1) is 12.8. The predicted octanol–water partition coefficient (Wildman–Crippen LogP) is 0.882. The van der Waals surface area contributed by atoms with E-state index in [-0.39, 0.29) is 23.7 Å². The van der Waals surface area contributed by atoms with Crippen LogP contribution in [0.15, 0.2) is 34.1 Å². The zero-order chi connectivity index (χ0) is 20.9. The fourth-order valence-electron chi connectivity index (χ4n) is 3.20. The van der Waals surface area contributed by atoms with Crippen molar-refractivity contribution in [1.82, 2.24) is 0 Å². The Balaban J connectivity index is 2.14. The summed E-state index contributed by atoms with van der Waals surface area (Å²) in [5.41, 5.74) is 1.15. The maximum atomic E-state index is 11.7. The van der Waals surface area contributed by atoms with Gasteiger partial charge in [0.25, 0.3) is 30.4 Å². The topological polar surface area (TPSA) is 166 Å². The SMILES string of the molecule is O=S(=O)(O)CCC[N+]1=CCc2c1ccc1c(S(=O)(=O)O)cc(S(=O)(=O)O)cc21. The summed E-state index contributed by atoms with van der Waals surface area (Å²) in [4.78, 5) is -1.32. The van der Waals surface area contributed by atoms with E-state index in [1.54, 1.807) is 16.9 Å². The first-order valence-corrected chi connectivity index (χ1v) is 12.4. The van der Waals surface area contributed by atoms with E-state index in [1.165, 1.54) is 6.07 Å². The zero-order valence-corrected chi connectivity index (χ0v) is 16.6. The lowest BCUT2D eigenvalue weighted by Gasteiger charge is -2.10. The van der Waals surface area contributed by atoms with Crippen LogP contribution in [0.1, 0.15) is 12.0 Å². The maximum absolute atomic E-state index is 11.7. The van der Waals surface area contributed by atoms with Crippen molar-refractivity contribution in [2.24, 2.45) is 0 Å². The molecule has 0 atom stereocenters. The molecule has 0 radical (unpaired) electrons. The summed E-state index contributed by atoms with van der Waals surface area (Å²) >= 11 is 0. The first-order valence-electron chi connectivity index (χ1n) is 7.87. The van der Waals surface area contributed by atoms with Crippen LogP contribution in [0.4, 0.5) is 5.69 Å². The number of nitrogens with zero attached hydrogens (tertiary/aromatic N) is 1. The van der Waals surface area contributed by atoms with Crippen LogP contribution in [-0.2, 0) is 36.8 Å². The monoisotopic (exact) mass is 450 g/mol. The second kappa shape index (κ2) is 6.86. The molecule has 3 N–H and O–H groups in total. The highest BCUT2D eigenvalue weighted by atomic mass is 32.2. The van der Waals surface area contributed by atoms with E-state index in [2.05, 4.69) is 0 Å². The second-order valence-electron chi connectivity index (χ2n) is 6.25. The Bertz CT molecular complexity index is 1320. The molecular formula is C15H16NO9S3+. The largest absolute Gasteiger partial charge is 0.295 e. The minimum atomic E-state index is -4.77. The van der Waals surface area contributed by atoms with Gasteiger partial charge in [-0.25, -0.2) is 4.58 Å². The van der Waals surface area contributed by atoms with Gasteiger partial charge in [0, 0.05) is 23.4 Å². The number of hydrogen-bond donors (Lipinski definition) is 3. The van der Waals surface area contributed by atoms with Gasteiger partial charge in [0.15, 0.2) is 0 Å². The average molecular weight is 450 g/mol. The van der Waals surface area contributed by atoms with E-state index in [0.29, 0.717) is 23.7 Å². The fraction of sp³-hybridized carbons (Fsp3) is 0.267. The molecule has 2 aromatic carbocycles. The minimum absolute atomic E-state index is 0.0850. The molecule has 1 aliphatic heterocycles. The van der Waals surface area contributed by atoms with E-state index >= 15 is 0 Å². The molecule has 1 heterocycles. The summed E-state index contributed by atoms with van der Waals surface area (Å²) in [5, 5.41) is 0.301. The molecule has 10 nitrogen and oxygen atoms in total. The van der Waals surface area contributed by atoms with Crippen LogP contribution < -0.4 is 0 Å². The summed E-state index contributed by atoms with van der Waals surface area (Å²) in [7, 11) is -13.6. The number of benzene rings is 2. The number of hydrogen-bond acceptors (Lipinski definition) is 6. The first kappa shape index (κ1) is 20.8. The highest BCUT2D eigenvalue weighted by Gasteiger charge is 2.28. The predicted molar refractivity (Wildman–Crippen MR) is 99.2 cm³/mol. The number of fused-ring (bicyclic) bond motifs is 3. The van der Waals surface area contributed by atoms with Crippen LogP contribution in [0.5, 0.6) is 0 Å². The molecular weight excluding hydrogens is 434 g/mol. The highest BCUT2D eigenvalue weighted by Crippen LogP contribution is 2.36. The lowest BCUT2D eigenvalue weighted by molar-refractivity contribution is -0.432. The molecule has 0 aliphatic carbocycles. The Morgan fingerprint density at radius 2 is 1.57 bits per heavy atom. The van der Waals surface area contributed by atoms with Crippen LogP contribution in [0.25, 0.3) is 10.8 Å². The summed E-state index contributed by atoms with van der Waals surface area (Å²) < 4.78 is 97.5. The maximum Gasteiger partial charge on any atom is 0.295 e. The van der Waals surface area contributed by atoms with Crippen LogP contribution in [-0.4, -0.2) is 62.0 Å². The Morgan fingerprint density at radius 1 is 0.893 bits per heavy atom. The Morgan fingerprint density at radius 3 is 2.14 bits per heavy atom. The van der Waals surface area contributed by atoms with Gasteiger partial charge < -0.3 is 0 Å². The lowest BCUT2D eigenvalue weighted by Crippen LogP contribution is -2.12. The number of rotatable bonds is 6. The molecule has 3 rings (SSSR count). The van der Waals surface area contributed by atoms with Crippen molar-refractivity contribution < 1.29 is 43.5 Å². The van der Waals surface area contributed by atoms with Gasteiger partial charge >= 0.3 is 0 Å². The van der Waals surface area contributed by atoms with Gasteiger partial charge in [-0.1, -0.05) is 0 Å². The Hall–Kier alpha value is -1.90. The van der Waals surface area contributed by atoms with Crippen LogP contribution in [0.3, 0.4) is 0 Å². The molecule has 0 spiro atoms. The van der Waals surface area contributed by atoms with Crippen molar-refractivity contribution in [2.45, 2.75) is 22.6 Å². The molecule has 152 valence electrons. The van der Waals surface area contributed by atoms with Gasteiger partial charge in [-0.15, -0.1) is 0 Å². The summed E-state index contributed by atoms with van der Waals surface area (Å²) in [5.74, 6) is -0.430. The van der Waals surface area contributed by atoms with Gasteiger partial charge in [-0.3, -0.25) is 13.7 Å². The van der Waals surface area contributed by atoms with Crippen LogP contribution >= 0.6 is 0 Å². The van der Waals surface area contributed by atoms with Crippen molar-refractivity contribution in [2.75, 3.05) is 12.3 Å². The van der Waals surface area contributed by atoms with E-state index in [0.717, 1.165) is 6.07 Å². The Labute approximate surface area is 161 Å². The van der Waals surface area contributed by atoms with Crippen molar-refractivity contribution in [3.63, 3.8) is 0 Å². The third-order valence-corrected chi connectivity index (χ3v) is 6.89. The normalized spacial score (nSPS) is 14.9. The third-order valence-electron chi connectivity index (χ3n) is 4.36. The average Bonchev–Trinajstić information content (AvgIpc) is 2.94. The molecule has 0 saturated carbocycles. The zero-order valence-electron chi connectivity index (χ0n) is 14.2. The van der Waals surface area contributed by atoms with Crippen molar-refractivity contribution in [1.29, 1.82) is 0 Å². The quantitative estimate of drug-likeness (QED) is 0.427. The standard InChI is InChI=1S/C15H15NO9S3/c17-26(18,19)7-1-5-16-6-4-11-13-8-10(27(20,21)22)9-15(28(23,24)25)12(13)2-3-14(11)16/h2-3,6,8-9H,1,4-5,7H2,(H2-,17,18,19,20,21,22,23,24,25)/p+1. The highest BCUT2D eigenvalue weighted by molar-refractivity contribution is 7.87. The summed E-state index contributed by atoms with van der Waals surface area (Å²) in [6.07, 6.45) is 2.13. The third kappa shape index (κ3) is 4.24. The second-order valence-corrected chi connectivity index (χ2v) is 10.6. The fourth-order valence-corrected chi connectivity index (χ4v) is 5.03. The van der Waals surface area contributed by atoms with E-state index in [1.807, 2.05) is 0 Å². The molecule has 0 bridgehead atoms. The molecule has 13 heteroatoms. The van der Waals surface area contributed by atoms with Crippen LogP contribution in [0, 0.1) is 0 Å². The van der Waals surface area contributed by atoms with E-state index in [9.17, 15) is 34.4 Å². The summed E-state index contributed by atoms with van der Waals surface area (Å²) in [6.45, 7) is 0.251. The summed E-state index contributed by atoms with van der Waals surface area (Å²) in [6, 6.07) is 4.76. The van der Waals surface area contributed by atoms with Gasteiger partial charge in [0.2, 0.25) is 5.69 Å². The van der Waals surface area contributed by atoms with Gasteiger partial charge in [-0.05, 0) is 23.6 Å². The molecule has 0 unspecified atom stereocenters. The van der Waals surface area contributed by atoms with Crippen molar-refractivity contribution in [3.05, 3.63) is 29.8 Å². The van der Waals surface area contributed by atoms with Gasteiger partial charge in [-0.2, -0.15) is 25.3 Å². The molecule has 0 aromatic heterocycles. The molecule has 1 aliphatic rings. The van der Waals surface area contributed by atoms with Crippen molar-refractivity contribution >= 4 is 53.0 Å². The molecule has 0 amide bonds. The van der Waals surface area contributed by atoms with Gasteiger partial charge in [0.1, 0.15) is 17.7 Å². The molecule has 28 heavy (non-hydrogen) atoms. The Kier molecular flexibility index (Phi) is 5.10. The van der Waals surface area contributed by atoms with Crippen LogP contribution in [0.2, 0.25) is 0 Å². The van der Waals surface area contributed by atoms with Crippen molar-refractivity contribution in [3.8, 4) is 0 Å². The molecule has 2 aromatic rings.